The maximum Gasteiger partial charge on any atom is 0.295 e. The Morgan fingerprint density at radius 1 is 0.818 bits per heavy atom. The predicted octanol–water partition coefficient (Wildman–Crippen LogP) is 3.04. The smallest absolute Gasteiger partial charge is 0.295 e. The van der Waals surface area contributed by atoms with E-state index in [1.165, 1.54) is 6.07 Å². The van der Waals surface area contributed by atoms with E-state index < -0.39 is 10.1 Å². The van der Waals surface area contributed by atoms with E-state index in [9.17, 15) is 13.0 Å². The van der Waals surface area contributed by atoms with E-state index in [2.05, 4.69) is 5.43 Å². The quantitative estimate of drug-likeness (QED) is 0.392. The Hall–Kier alpha value is -2.41. The third kappa shape index (κ3) is 2.43. The lowest BCUT2D eigenvalue weighted by Gasteiger charge is -2.13. The molecule has 0 amide bonds. The summed E-state index contributed by atoms with van der Waals surface area (Å²) in [5.74, 6) is 5.52. The fraction of sp³-hybridized carbons (Fsp3) is 0. The van der Waals surface area contributed by atoms with E-state index in [0.717, 1.165) is 16.5 Å². The third-order valence-electron chi connectivity index (χ3n) is 3.53. The van der Waals surface area contributed by atoms with Gasteiger partial charge in [0, 0.05) is 10.9 Å². The van der Waals surface area contributed by atoms with Crippen LogP contribution in [0.5, 0.6) is 0 Å². The van der Waals surface area contributed by atoms with Crippen molar-refractivity contribution in [3.63, 3.8) is 0 Å². The number of benzene rings is 3. The fourth-order valence-corrected chi connectivity index (χ4v) is 3.28. The zero-order chi connectivity index (χ0) is 15.7. The van der Waals surface area contributed by atoms with Crippen molar-refractivity contribution in [3.8, 4) is 11.1 Å². The second-order valence-corrected chi connectivity index (χ2v) is 6.21. The van der Waals surface area contributed by atoms with Crippen LogP contribution in [0.4, 0.5) is 5.69 Å². The molecule has 0 aliphatic heterocycles. The van der Waals surface area contributed by atoms with Crippen molar-refractivity contribution in [2.45, 2.75) is 4.90 Å². The highest BCUT2D eigenvalue weighted by Gasteiger charge is 2.17. The lowest BCUT2D eigenvalue weighted by atomic mass is 9.97. The number of rotatable bonds is 3. The van der Waals surface area contributed by atoms with Crippen molar-refractivity contribution >= 4 is 26.6 Å². The molecule has 0 saturated heterocycles. The molecule has 0 atom stereocenters. The van der Waals surface area contributed by atoms with Crippen LogP contribution in [0.2, 0.25) is 0 Å². The molecule has 3 aromatic rings. The van der Waals surface area contributed by atoms with Crippen molar-refractivity contribution in [1.82, 2.24) is 0 Å². The monoisotopic (exact) mass is 314 g/mol. The van der Waals surface area contributed by atoms with Gasteiger partial charge in [-0.15, -0.1) is 0 Å². The topological polar surface area (TPSA) is 92.4 Å². The van der Waals surface area contributed by atoms with Gasteiger partial charge in [-0.05, 0) is 23.1 Å². The minimum Gasteiger partial charge on any atom is -0.324 e. The van der Waals surface area contributed by atoms with Gasteiger partial charge in [0.25, 0.3) is 10.1 Å². The van der Waals surface area contributed by atoms with E-state index in [-0.39, 0.29) is 4.90 Å². The zero-order valence-electron chi connectivity index (χ0n) is 11.5. The van der Waals surface area contributed by atoms with Crippen molar-refractivity contribution in [3.05, 3.63) is 60.7 Å². The van der Waals surface area contributed by atoms with E-state index in [1.807, 2.05) is 24.3 Å². The van der Waals surface area contributed by atoms with Crippen LogP contribution in [0.15, 0.2) is 65.6 Å². The van der Waals surface area contributed by atoms with Gasteiger partial charge in [0.05, 0.1) is 5.69 Å². The van der Waals surface area contributed by atoms with Gasteiger partial charge in [0.15, 0.2) is 0 Å². The van der Waals surface area contributed by atoms with Gasteiger partial charge >= 0.3 is 0 Å². The average molecular weight is 314 g/mol. The van der Waals surface area contributed by atoms with Crippen molar-refractivity contribution in [1.29, 1.82) is 0 Å². The Bertz CT molecular complexity index is 953. The fourth-order valence-electron chi connectivity index (χ4n) is 2.57. The first kappa shape index (κ1) is 14.5. The van der Waals surface area contributed by atoms with Crippen LogP contribution < -0.4 is 11.3 Å². The molecule has 22 heavy (non-hydrogen) atoms. The molecule has 6 heteroatoms. The van der Waals surface area contributed by atoms with Crippen LogP contribution >= 0.6 is 0 Å². The van der Waals surface area contributed by atoms with E-state index in [1.54, 1.807) is 30.3 Å². The maximum absolute atomic E-state index is 11.6. The van der Waals surface area contributed by atoms with E-state index in [0.29, 0.717) is 11.1 Å². The summed E-state index contributed by atoms with van der Waals surface area (Å²) in [6, 6.07) is 17.4. The van der Waals surface area contributed by atoms with Gasteiger partial charge in [-0.3, -0.25) is 10.4 Å². The molecule has 0 radical (unpaired) electrons. The third-order valence-corrected chi connectivity index (χ3v) is 4.45. The Labute approximate surface area is 128 Å². The lowest BCUT2D eigenvalue weighted by molar-refractivity contribution is 0.483. The minimum atomic E-state index is -4.31. The highest BCUT2D eigenvalue weighted by molar-refractivity contribution is 7.86. The highest BCUT2D eigenvalue weighted by atomic mass is 32.2. The first-order valence-corrected chi connectivity index (χ1v) is 8.01. The largest absolute Gasteiger partial charge is 0.324 e. The van der Waals surface area contributed by atoms with E-state index in [4.69, 9.17) is 5.84 Å². The molecular weight excluding hydrogens is 300 g/mol. The molecule has 0 heterocycles. The minimum absolute atomic E-state index is 0.117. The van der Waals surface area contributed by atoms with Gasteiger partial charge in [-0.2, -0.15) is 8.42 Å². The Balaban J connectivity index is 2.38. The van der Waals surface area contributed by atoms with Crippen LogP contribution in [0.25, 0.3) is 21.9 Å². The summed E-state index contributed by atoms with van der Waals surface area (Å²) in [6.45, 7) is 0. The van der Waals surface area contributed by atoms with Crippen molar-refractivity contribution in [2.75, 3.05) is 5.43 Å². The van der Waals surface area contributed by atoms with Crippen LogP contribution in [-0.2, 0) is 10.1 Å². The van der Waals surface area contributed by atoms with Crippen LogP contribution in [0, 0.1) is 0 Å². The molecule has 0 aliphatic carbocycles. The number of nitrogens with two attached hydrogens (primary N) is 1. The summed E-state index contributed by atoms with van der Waals surface area (Å²) < 4.78 is 32.7. The van der Waals surface area contributed by atoms with Crippen LogP contribution in [-0.4, -0.2) is 13.0 Å². The lowest BCUT2D eigenvalue weighted by Crippen LogP contribution is -2.07. The molecule has 0 saturated carbocycles. The second kappa shape index (κ2) is 5.42. The Morgan fingerprint density at radius 3 is 2.14 bits per heavy atom. The molecule has 3 rings (SSSR count). The number of fused-ring (bicyclic) bond motifs is 1. The van der Waals surface area contributed by atoms with Gasteiger partial charge in [0.1, 0.15) is 4.90 Å². The van der Waals surface area contributed by atoms with Crippen molar-refractivity contribution < 1.29 is 13.0 Å². The number of nitrogen functional groups attached to an aromatic ring is 1. The standard InChI is InChI=1S/C16H14N2O3S/c17-18-15-10-9-12(11-5-1-2-6-13(11)15)14-7-3-4-8-16(14)22(19,20)21/h1-10,18H,17H2,(H,19,20,21). The van der Waals surface area contributed by atoms with Crippen LogP contribution in [0.3, 0.4) is 0 Å². The Kier molecular flexibility index (Phi) is 3.58. The first-order chi connectivity index (χ1) is 10.5. The first-order valence-electron chi connectivity index (χ1n) is 6.57. The molecule has 3 aromatic carbocycles. The van der Waals surface area contributed by atoms with E-state index >= 15 is 0 Å². The zero-order valence-corrected chi connectivity index (χ0v) is 12.3. The number of hydrogen-bond acceptors (Lipinski definition) is 4. The van der Waals surface area contributed by atoms with Gasteiger partial charge in [-0.1, -0.05) is 48.5 Å². The van der Waals surface area contributed by atoms with Crippen LogP contribution in [0.1, 0.15) is 0 Å². The predicted molar refractivity (Wildman–Crippen MR) is 87.0 cm³/mol. The molecule has 0 aliphatic rings. The summed E-state index contributed by atoms with van der Waals surface area (Å²) in [4.78, 5) is -0.117. The number of anilines is 1. The second-order valence-electron chi connectivity index (χ2n) is 4.82. The van der Waals surface area contributed by atoms with Gasteiger partial charge < -0.3 is 5.43 Å². The average Bonchev–Trinajstić information content (AvgIpc) is 2.53. The molecule has 4 N–H and O–H groups in total. The molecule has 0 unspecified atom stereocenters. The number of hydrogen-bond donors (Lipinski definition) is 3. The maximum atomic E-state index is 11.6. The molecule has 0 spiro atoms. The molecule has 0 fully saturated rings. The SMILES string of the molecule is NNc1ccc(-c2ccccc2S(=O)(=O)O)c2ccccc12. The summed E-state index contributed by atoms with van der Waals surface area (Å²) in [7, 11) is -4.31. The highest BCUT2D eigenvalue weighted by Crippen LogP contribution is 2.35. The van der Waals surface area contributed by atoms with Gasteiger partial charge in [0.2, 0.25) is 0 Å². The summed E-state index contributed by atoms with van der Waals surface area (Å²) in [5.41, 5.74) is 4.53. The normalized spacial score (nSPS) is 11.5. The van der Waals surface area contributed by atoms with Gasteiger partial charge in [-0.25, -0.2) is 0 Å². The Morgan fingerprint density at radius 2 is 1.45 bits per heavy atom. The number of hydrazine groups is 1. The molecule has 5 nitrogen and oxygen atoms in total. The summed E-state index contributed by atoms with van der Waals surface area (Å²) >= 11 is 0. The van der Waals surface area contributed by atoms with Crippen molar-refractivity contribution in [2.24, 2.45) is 5.84 Å². The summed E-state index contributed by atoms with van der Waals surface area (Å²) in [6.07, 6.45) is 0. The number of nitrogens with one attached hydrogen (secondary N) is 1. The molecule has 112 valence electrons. The summed E-state index contributed by atoms with van der Waals surface area (Å²) in [5, 5.41) is 1.71. The molecular formula is C16H14N2O3S. The molecule has 0 bridgehead atoms. The molecule has 0 aromatic heterocycles.